The minimum atomic E-state index is -0.942. The normalized spacial score (nSPS) is 13.9. The van der Waals surface area contributed by atoms with Crippen molar-refractivity contribution in [1.29, 1.82) is 0 Å². The average Bonchev–Trinajstić information content (AvgIpc) is 2.94. The molecule has 4 rings (SSSR count). The molecule has 3 aromatic carbocycles. The van der Waals surface area contributed by atoms with Crippen LogP contribution in [0.4, 0.5) is 0 Å². The van der Waals surface area contributed by atoms with Crippen LogP contribution in [-0.2, 0) is 16.6 Å². The lowest BCUT2D eigenvalue weighted by atomic mass is 9.74. The Hall–Kier alpha value is -2.87. The van der Waals surface area contributed by atoms with Gasteiger partial charge in [-0.2, -0.15) is 0 Å². The van der Waals surface area contributed by atoms with Crippen LogP contribution in [0.2, 0.25) is 0 Å². The first kappa shape index (κ1) is 15.6. The van der Waals surface area contributed by atoms with Gasteiger partial charge in [0.05, 0.1) is 0 Å². The highest BCUT2D eigenvalue weighted by molar-refractivity contribution is 5.97. The van der Waals surface area contributed by atoms with E-state index in [0.29, 0.717) is 6.42 Å². The fourth-order valence-electron chi connectivity index (χ4n) is 4.13. The molecular formula is C23H20O2. The number of rotatable bonds is 5. The zero-order valence-corrected chi connectivity index (χ0v) is 14.0. The maximum Gasteiger partial charge on any atom is 0.318 e. The number of aliphatic carboxylic acids is 1. The summed E-state index contributed by atoms with van der Waals surface area (Å²) in [5.74, 6) is -0.752. The summed E-state index contributed by atoms with van der Waals surface area (Å²) < 4.78 is 0. The van der Waals surface area contributed by atoms with Gasteiger partial charge < -0.3 is 5.11 Å². The van der Waals surface area contributed by atoms with Crippen LogP contribution in [-0.4, -0.2) is 11.1 Å². The molecule has 0 fully saturated rings. The summed E-state index contributed by atoms with van der Waals surface area (Å²) >= 11 is 0. The third-order valence-electron chi connectivity index (χ3n) is 5.29. The Morgan fingerprint density at radius 3 is 1.84 bits per heavy atom. The Labute approximate surface area is 147 Å². The van der Waals surface area contributed by atoms with Crippen LogP contribution in [0.5, 0.6) is 0 Å². The number of benzene rings is 3. The van der Waals surface area contributed by atoms with E-state index in [1.807, 2.05) is 66.7 Å². The van der Waals surface area contributed by atoms with Crippen molar-refractivity contribution in [3.05, 3.63) is 95.6 Å². The second-order valence-corrected chi connectivity index (χ2v) is 6.64. The van der Waals surface area contributed by atoms with Crippen LogP contribution in [0.25, 0.3) is 11.1 Å². The van der Waals surface area contributed by atoms with E-state index in [9.17, 15) is 9.90 Å². The van der Waals surface area contributed by atoms with E-state index in [1.54, 1.807) is 0 Å². The van der Waals surface area contributed by atoms with Crippen LogP contribution in [0, 0.1) is 0 Å². The SMILES string of the molecule is O=C(O)C1(CCCc2ccccc2)c2ccccc2-c2ccccc21. The molecule has 0 aromatic heterocycles. The Balaban J connectivity index is 1.74. The van der Waals surface area contributed by atoms with Gasteiger partial charge in [0.15, 0.2) is 0 Å². The predicted molar refractivity (Wildman–Crippen MR) is 99.7 cm³/mol. The van der Waals surface area contributed by atoms with Crippen molar-refractivity contribution < 1.29 is 9.90 Å². The standard InChI is InChI=1S/C23H20O2/c24-22(25)23(16-8-11-17-9-2-1-3-10-17)20-14-6-4-12-18(20)19-13-5-7-15-21(19)23/h1-7,9-10,12-15H,8,11,16H2,(H,24,25). The van der Waals surface area contributed by atoms with Gasteiger partial charge in [-0.25, -0.2) is 0 Å². The molecule has 0 saturated heterocycles. The molecule has 0 atom stereocenters. The van der Waals surface area contributed by atoms with E-state index in [4.69, 9.17) is 0 Å². The summed E-state index contributed by atoms with van der Waals surface area (Å²) in [5, 5.41) is 10.3. The lowest BCUT2D eigenvalue weighted by Crippen LogP contribution is -2.35. The van der Waals surface area contributed by atoms with Gasteiger partial charge in [-0.3, -0.25) is 4.79 Å². The fourth-order valence-corrected chi connectivity index (χ4v) is 4.13. The van der Waals surface area contributed by atoms with Gasteiger partial charge in [-0.05, 0) is 47.1 Å². The molecule has 0 heterocycles. The van der Waals surface area contributed by atoms with Crippen LogP contribution >= 0.6 is 0 Å². The molecule has 0 unspecified atom stereocenters. The maximum atomic E-state index is 12.5. The van der Waals surface area contributed by atoms with Crippen molar-refractivity contribution in [3.8, 4) is 11.1 Å². The van der Waals surface area contributed by atoms with Gasteiger partial charge in [0.2, 0.25) is 0 Å². The van der Waals surface area contributed by atoms with E-state index in [2.05, 4.69) is 12.1 Å². The lowest BCUT2D eigenvalue weighted by Gasteiger charge is -2.27. The van der Waals surface area contributed by atoms with E-state index in [-0.39, 0.29) is 0 Å². The minimum absolute atomic E-state index is 0.602. The fraction of sp³-hybridized carbons (Fsp3) is 0.174. The minimum Gasteiger partial charge on any atom is -0.480 e. The number of hydrogen-bond acceptors (Lipinski definition) is 1. The van der Waals surface area contributed by atoms with Crippen molar-refractivity contribution in [2.24, 2.45) is 0 Å². The van der Waals surface area contributed by atoms with Crippen molar-refractivity contribution >= 4 is 5.97 Å². The second kappa shape index (κ2) is 6.21. The molecule has 1 aliphatic carbocycles. The molecule has 0 bridgehead atoms. The monoisotopic (exact) mass is 328 g/mol. The van der Waals surface area contributed by atoms with Crippen molar-refractivity contribution in [3.63, 3.8) is 0 Å². The number of carbonyl (C=O) groups is 1. The first-order valence-corrected chi connectivity index (χ1v) is 8.70. The van der Waals surface area contributed by atoms with Crippen molar-refractivity contribution in [1.82, 2.24) is 0 Å². The Bertz CT molecular complexity index is 867. The number of aryl methyl sites for hydroxylation is 1. The second-order valence-electron chi connectivity index (χ2n) is 6.64. The molecule has 2 nitrogen and oxygen atoms in total. The number of fused-ring (bicyclic) bond motifs is 3. The molecule has 0 amide bonds. The molecule has 1 N–H and O–H groups in total. The summed E-state index contributed by atoms with van der Waals surface area (Å²) in [5.41, 5.74) is 4.28. The quantitative estimate of drug-likeness (QED) is 0.711. The molecule has 0 radical (unpaired) electrons. The highest BCUT2D eigenvalue weighted by Crippen LogP contribution is 2.51. The summed E-state index contributed by atoms with van der Waals surface area (Å²) in [4.78, 5) is 12.5. The summed E-state index contributed by atoms with van der Waals surface area (Å²) in [6, 6.07) is 26.2. The van der Waals surface area contributed by atoms with E-state index in [1.165, 1.54) is 5.56 Å². The van der Waals surface area contributed by atoms with Gasteiger partial charge >= 0.3 is 5.97 Å². The molecule has 124 valence electrons. The third kappa shape index (κ3) is 2.45. The number of carboxylic acids is 1. The van der Waals surface area contributed by atoms with E-state index < -0.39 is 11.4 Å². The average molecular weight is 328 g/mol. The Morgan fingerprint density at radius 2 is 1.28 bits per heavy atom. The highest BCUT2D eigenvalue weighted by Gasteiger charge is 2.48. The lowest BCUT2D eigenvalue weighted by molar-refractivity contribution is -0.142. The topological polar surface area (TPSA) is 37.3 Å². The summed E-state index contributed by atoms with van der Waals surface area (Å²) in [7, 11) is 0. The van der Waals surface area contributed by atoms with E-state index >= 15 is 0 Å². The van der Waals surface area contributed by atoms with Crippen LogP contribution in [0.3, 0.4) is 0 Å². The number of hydrogen-bond donors (Lipinski definition) is 1. The molecule has 0 spiro atoms. The molecule has 0 saturated carbocycles. The molecule has 25 heavy (non-hydrogen) atoms. The first-order chi connectivity index (χ1) is 12.2. The zero-order chi connectivity index (χ0) is 17.3. The van der Waals surface area contributed by atoms with Crippen LogP contribution in [0.1, 0.15) is 29.5 Å². The molecule has 0 aliphatic heterocycles. The van der Waals surface area contributed by atoms with Gasteiger partial charge in [0.1, 0.15) is 5.41 Å². The highest BCUT2D eigenvalue weighted by atomic mass is 16.4. The number of carboxylic acid groups (broad SMARTS) is 1. The van der Waals surface area contributed by atoms with Gasteiger partial charge in [-0.1, -0.05) is 78.9 Å². The Morgan fingerprint density at radius 1 is 0.760 bits per heavy atom. The smallest absolute Gasteiger partial charge is 0.318 e. The Kier molecular flexibility index (Phi) is 3.89. The van der Waals surface area contributed by atoms with Gasteiger partial charge in [0, 0.05) is 0 Å². The molecule has 2 heteroatoms. The zero-order valence-electron chi connectivity index (χ0n) is 14.0. The van der Waals surface area contributed by atoms with Gasteiger partial charge in [0.25, 0.3) is 0 Å². The summed E-state index contributed by atoms with van der Waals surface area (Å²) in [6.45, 7) is 0. The summed E-state index contributed by atoms with van der Waals surface area (Å²) in [6.07, 6.45) is 2.32. The van der Waals surface area contributed by atoms with Crippen LogP contribution in [0.15, 0.2) is 78.9 Å². The van der Waals surface area contributed by atoms with Crippen molar-refractivity contribution in [2.45, 2.75) is 24.7 Å². The van der Waals surface area contributed by atoms with E-state index in [0.717, 1.165) is 35.1 Å². The predicted octanol–water partition coefficient (Wildman–Crippen LogP) is 5.06. The van der Waals surface area contributed by atoms with Gasteiger partial charge in [-0.15, -0.1) is 0 Å². The molecule has 3 aromatic rings. The molecule has 1 aliphatic rings. The largest absolute Gasteiger partial charge is 0.480 e. The maximum absolute atomic E-state index is 12.5. The third-order valence-corrected chi connectivity index (χ3v) is 5.29. The van der Waals surface area contributed by atoms with Crippen LogP contribution < -0.4 is 0 Å². The first-order valence-electron chi connectivity index (χ1n) is 8.70. The molecular weight excluding hydrogens is 308 g/mol. The van der Waals surface area contributed by atoms with Crippen molar-refractivity contribution in [2.75, 3.05) is 0 Å².